The Hall–Kier alpha value is -6.15. The van der Waals surface area contributed by atoms with Crippen LogP contribution in [0.3, 0.4) is 0 Å². The molecule has 7 N–H and O–H groups in total. The van der Waals surface area contributed by atoms with Crippen LogP contribution in [0, 0.1) is 12.8 Å². The molecule has 1 aliphatic heterocycles. The lowest BCUT2D eigenvalue weighted by Crippen LogP contribution is -2.38. The van der Waals surface area contributed by atoms with E-state index >= 15 is 0 Å². The Bertz CT molecular complexity index is 2100. The fourth-order valence-corrected chi connectivity index (χ4v) is 6.89. The molecule has 1 aromatic carbocycles. The first kappa shape index (κ1) is 42.0. The van der Waals surface area contributed by atoms with Crippen molar-refractivity contribution in [3.8, 4) is 22.7 Å². The van der Waals surface area contributed by atoms with Crippen LogP contribution in [0.1, 0.15) is 49.1 Å². The Morgan fingerprint density at radius 1 is 0.930 bits per heavy atom. The standard InChI is InChI=1S/C37H44N10O9S/c1-22-43-44-33(56-22)28-15-30(23-6-8-27(9-7-23)42-37(55)46-18-24-10-12-39-16-26(24)19-46)45-47(34(28)50)13-5-3-2-4-11-40-32(49)17-41-31(48)14-25(35(51)52)20-57-21-29(38)36(53)54/h6-10,12,15-16,25,29H,2-5,11,13-14,17-21,38H2,1H3,(H,40,49)(H,41,48)(H,42,55)(H,51,52)(H,53,54)/t25?,29-/m0/s1. The molecular weight excluding hydrogens is 761 g/mol. The van der Waals surface area contributed by atoms with E-state index in [-0.39, 0.29) is 42.0 Å². The van der Waals surface area contributed by atoms with E-state index in [1.807, 2.05) is 6.07 Å². The molecule has 1 aliphatic rings. The maximum atomic E-state index is 13.5. The van der Waals surface area contributed by atoms with Crippen LogP contribution in [0.4, 0.5) is 10.5 Å². The molecule has 2 atom stereocenters. The molecule has 1 unspecified atom stereocenters. The Kier molecular flexibility index (Phi) is 14.8. The number of nitrogens with zero attached hydrogens (tertiary/aromatic N) is 6. The number of urea groups is 1. The minimum atomic E-state index is -1.21. The molecule has 0 saturated carbocycles. The molecule has 0 radical (unpaired) electrons. The van der Waals surface area contributed by atoms with Crippen LogP contribution in [0.25, 0.3) is 22.7 Å². The molecule has 20 heteroatoms. The molecule has 4 aromatic rings. The minimum absolute atomic E-state index is 0.00186. The van der Waals surface area contributed by atoms with Crippen LogP contribution >= 0.6 is 11.8 Å². The highest BCUT2D eigenvalue weighted by Gasteiger charge is 2.25. The number of carbonyl (C=O) groups is 5. The van der Waals surface area contributed by atoms with Gasteiger partial charge in [0.1, 0.15) is 11.6 Å². The highest BCUT2D eigenvalue weighted by molar-refractivity contribution is 7.99. The molecule has 0 aliphatic carbocycles. The first-order chi connectivity index (χ1) is 27.4. The average molecular weight is 805 g/mol. The Labute approximate surface area is 330 Å². The molecule has 0 fully saturated rings. The highest BCUT2D eigenvalue weighted by atomic mass is 32.2. The lowest BCUT2D eigenvalue weighted by molar-refractivity contribution is -0.143. The molecule has 0 spiro atoms. The molecule has 3 aromatic heterocycles. The summed E-state index contributed by atoms with van der Waals surface area (Å²) in [7, 11) is 0. The van der Waals surface area contributed by atoms with Crippen molar-refractivity contribution in [3.63, 3.8) is 0 Å². The smallest absolute Gasteiger partial charge is 0.322 e. The van der Waals surface area contributed by atoms with Crippen LogP contribution in [-0.2, 0) is 38.8 Å². The number of amides is 4. The number of aliphatic carboxylic acids is 2. The van der Waals surface area contributed by atoms with Gasteiger partial charge in [0.05, 0.1) is 18.2 Å². The summed E-state index contributed by atoms with van der Waals surface area (Å²) in [4.78, 5) is 79.1. The van der Waals surface area contributed by atoms with Gasteiger partial charge >= 0.3 is 18.0 Å². The van der Waals surface area contributed by atoms with Crippen molar-refractivity contribution >= 4 is 47.2 Å². The minimum Gasteiger partial charge on any atom is -0.481 e. The van der Waals surface area contributed by atoms with E-state index in [1.165, 1.54) is 4.68 Å². The second kappa shape index (κ2) is 20.1. The normalized spacial score (nSPS) is 13.1. The maximum absolute atomic E-state index is 13.5. The second-order valence-electron chi connectivity index (χ2n) is 13.4. The van der Waals surface area contributed by atoms with Gasteiger partial charge in [0.15, 0.2) is 0 Å². The molecule has 5 rings (SSSR count). The van der Waals surface area contributed by atoms with E-state index in [0.717, 1.165) is 35.7 Å². The number of thioether (sulfide) groups is 1. The van der Waals surface area contributed by atoms with Gasteiger partial charge in [-0.15, -0.1) is 10.2 Å². The third-order valence-corrected chi connectivity index (χ3v) is 10.2. The number of unbranched alkanes of at least 4 members (excludes halogenated alkanes) is 3. The predicted octanol–water partition coefficient (Wildman–Crippen LogP) is 2.24. The van der Waals surface area contributed by atoms with E-state index in [4.69, 9.17) is 15.3 Å². The van der Waals surface area contributed by atoms with Crippen molar-refractivity contribution in [1.29, 1.82) is 0 Å². The van der Waals surface area contributed by atoms with Gasteiger partial charge in [-0.25, -0.2) is 9.48 Å². The number of carboxylic acid groups (broad SMARTS) is 2. The number of aryl methyl sites for hydroxylation is 2. The number of anilines is 1. The van der Waals surface area contributed by atoms with Crippen LogP contribution in [0.5, 0.6) is 0 Å². The van der Waals surface area contributed by atoms with Crippen LogP contribution in [0.15, 0.2) is 58.0 Å². The number of benzene rings is 1. The fourth-order valence-electron chi connectivity index (χ4n) is 5.81. The van der Waals surface area contributed by atoms with Gasteiger partial charge < -0.3 is 41.2 Å². The number of hydrogen-bond donors (Lipinski definition) is 6. The summed E-state index contributed by atoms with van der Waals surface area (Å²) in [5, 5.41) is 38.8. The number of hydrogen-bond acceptors (Lipinski definition) is 13. The van der Waals surface area contributed by atoms with Crippen molar-refractivity contribution in [3.05, 3.63) is 76.2 Å². The Morgan fingerprint density at radius 3 is 2.39 bits per heavy atom. The van der Waals surface area contributed by atoms with Gasteiger partial charge in [-0.3, -0.25) is 29.0 Å². The molecule has 302 valence electrons. The van der Waals surface area contributed by atoms with Crippen molar-refractivity contribution < 1.29 is 38.6 Å². The lowest BCUT2D eigenvalue weighted by Gasteiger charge is -2.16. The second-order valence-corrected chi connectivity index (χ2v) is 14.4. The third-order valence-electron chi connectivity index (χ3n) is 8.96. The zero-order chi connectivity index (χ0) is 40.9. The Balaban J connectivity index is 1.07. The number of nitrogens with one attached hydrogen (secondary N) is 3. The van der Waals surface area contributed by atoms with Gasteiger partial charge in [-0.05, 0) is 48.2 Å². The maximum Gasteiger partial charge on any atom is 0.322 e. The summed E-state index contributed by atoms with van der Waals surface area (Å²) in [6.45, 7) is 2.94. The number of nitrogens with two attached hydrogens (primary N) is 1. The van der Waals surface area contributed by atoms with Crippen molar-refractivity contribution in [2.24, 2.45) is 11.7 Å². The van der Waals surface area contributed by atoms with Crippen LogP contribution in [0.2, 0.25) is 0 Å². The van der Waals surface area contributed by atoms with Gasteiger partial charge in [0.25, 0.3) is 11.4 Å². The lowest BCUT2D eigenvalue weighted by atomic mass is 10.1. The summed E-state index contributed by atoms with van der Waals surface area (Å²) in [5.41, 5.74) is 9.11. The largest absolute Gasteiger partial charge is 0.481 e. The molecule has 19 nitrogen and oxygen atoms in total. The molecule has 0 bridgehead atoms. The van der Waals surface area contributed by atoms with E-state index in [1.54, 1.807) is 54.5 Å². The van der Waals surface area contributed by atoms with E-state index < -0.39 is 41.3 Å². The Morgan fingerprint density at radius 2 is 1.68 bits per heavy atom. The topological polar surface area (TPSA) is 278 Å². The number of rotatable bonds is 20. The fraction of sp³-hybridized carbons (Fsp3) is 0.405. The van der Waals surface area contributed by atoms with Crippen LogP contribution < -0.4 is 27.2 Å². The molecule has 0 saturated heterocycles. The number of aromatic nitrogens is 5. The van der Waals surface area contributed by atoms with Crippen molar-refractivity contribution in [2.75, 3.05) is 29.9 Å². The van der Waals surface area contributed by atoms with E-state index in [9.17, 15) is 33.9 Å². The van der Waals surface area contributed by atoms with Crippen LogP contribution in [-0.4, -0.2) is 100 Å². The number of pyridine rings is 1. The summed E-state index contributed by atoms with van der Waals surface area (Å²) < 4.78 is 6.95. The first-order valence-corrected chi connectivity index (χ1v) is 19.4. The quantitative estimate of drug-likeness (QED) is 0.0699. The summed E-state index contributed by atoms with van der Waals surface area (Å²) >= 11 is 1.03. The predicted molar refractivity (Wildman–Crippen MR) is 208 cm³/mol. The number of fused-ring (bicyclic) bond motifs is 1. The zero-order valence-electron chi connectivity index (χ0n) is 31.2. The van der Waals surface area contributed by atoms with Crippen molar-refractivity contribution in [2.45, 2.75) is 64.7 Å². The highest BCUT2D eigenvalue weighted by Crippen LogP contribution is 2.25. The average Bonchev–Trinajstić information content (AvgIpc) is 3.83. The number of carboxylic acids is 2. The molecule has 4 heterocycles. The SMILES string of the molecule is Cc1nnc(-c2cc(-c3ccc(NC(=O)N4Cc5ccncc5C4)cc3)nn(CCCCCCNC(=O)CNC(=O)CC(CSC[C@H](N)C(=O)O)C(=O)O)c2=O)o1. The van der Waals surface area contributed by atoms with E-state index in [2.05, 4.69) is 36.2 Å². The number of carbonyl (C=O) groups excluding carboxylic acids is 3. The molecular formula is C37H44N10O9S. The van der Waals surface area contributed by atoms with Gasteiger partial charge in [-0.2, -0.15) is 16.9 Å². The third kappa shape index (κ3) is 12.2. The van der Waals surface area contributed by atoms with Gasteiger partial charge in [-0.1, -0.05) is 25.0 Å². The summed E-state index contributed by atoms with van der Waals surface area (Å²) in [6.07, 6.45) is 5.81. The van der Waals surface area contributed by atoms with Crippen molar-refractivity contribution in [1.82, 2.24) is 40.5 Å². The van der Waals surface area contributed by atoms with Gasteiger partial charge in [0, 0.05) is 74.7 Å². The summed E-state index contributed by atoms with van der Waals surface area (Å²) in [6, 6.07) is 9.26. The van der Waals surface area contributed by atoms with Gasteiger partial charge in [0.2, 0.25) is 17.7 Å². The molecule has 57 heavy (non-hydrogen) atoms. The molecule has 4 amide bonds. The zero-order valence-corrected chi connectivity index (χ0v) is 32.0. The van der Waals surface area contributed by atoms with E-state index in [0.29, 0.717) is 61.9 Å². The first-order valence-electron chi connectivity index (χ1n) is 18.2. The summed E-state index contributed by atoms with van der Waals surface area (Å²) in [5.74, 6) is -4.14. The monoisotopic (exact) mass is 804 g/mol.